The maximum atomic E-state index is 5.71. The average molecular weight is 286 g/mol. The largest absolute Gasteiger partial charge is 0.382 e. The minimum atomic E-state index is 0.482. The Morgan fingerprint density at radius 1 is 1.47 bits per heavy atom. The second-order valence-corrected chi connectivity index (χ2v) is 4.61. The first-order valence-electron chi connectivity index (χ1n) is 4.17. The quantitative estimate of drug-likeness (QED) is 0.901. The molecule has 2 heterocycles. The van der Waals surface area contributed by atoms with Gasteiger partial charge in [-0.15, -0.1) is 5.10 Å². The van der Waals surface area contributed by atoms with E-state index < -0.39 is 0 Å². The van der Waals surface area contributed by atoms with Crippen LogP contribution in [0.3, 0.4) is 0 Å². The van der Waals surface area contributed by atoms with Crippen molar-refractivity contribution in [2.24, 2.45) is 0 Å². The molecule has 0 spiro atoms. The number of aromatic nitrogens is 3. The van der Waals surface area contributed by atoms with Gasteiger partial charge in [-0.25, -0.2) is 4.98 Å². The summed E-state index contributed by atoms with van der Waals surface area (Å²) in [5.41, 5.74) is 6.51. The summed E-state index contributed by atoms with van der Waals surface area (Å²) in [7, 11) is 0. The van der Waals surface area contributed by atoms with Crippen molar-refractivity contribution in [2.75, 3.05) is 11.1 Å². The van der Waals surface area contributed by atoms with Gasteiger partial charge in [0.15, 0.2) is 0 Å². The summed E-state index contributed by atoms with van der Waals surface area (Å²) in [4.78, 5) is 5.07. The van der Waals surface area contributed by atoms with Gasteiger partial charge >= 0.3 is 0 Å². The van der Waals surface area contributed by atoms with Crippen LogP contribution in [-0.4, -0.2) is 14.6 Å². The Morgan fingerprint density at radius 2 is 2.33 bits per heavy atom. The molecule has 2 aromatic heterocycles. The van der Waals surface area contributed by atoms with E-state index in [2.05, 4.69) is 35.8 Å². The fourth-order valence-electron chi connectivity index (χ4n) is 1.04. The Bertz CT molecular complexity index is 444. The second-order valence-electron chi connectivity index (χ2n) is 2.82. The first kappa shape index (κ1) is 10.3. The normalized spacial score (nSPS) is 10.2. The predicted molar refractivity (Wildman–Crippen MR) is 63.6 cm³/mol. The smallest absolute Gasteiger partial charge is 0.146 e. The summed E-state index contributed by atoms with van der Waals surface area (Å²) in [6.45, 7) is 0.653. The minimum absolute atomic E-state index is 0.482. The molecule has 0 unspecified atom stereocenters. The molecule has 0 aromatic carbocycles. The number of halogens is 1. The van der Waals surface area contributed by atoms with Crippen LogP contribution >= 0.6 is 27.5 Å². The van der Waals surface area contributed by atoms with Crippen LogP contribution in [0.15, 0.2) is 22.9 Å². The van der Waals surface area contributed by atoms with E-state index in [-0.39, 0.29) is 0 Å². The van der Waals surface area contributed by atoms with Gasteiger partial charge in [0.2, 0.25) is 0 Å². The van der Waals surface area contributed by atoms with Crippen molar-refractivity contribution in [1.82, 2.24) is 14.6 Å². The van der Waals surface area contributed by atoms with Gasteiger partial charge in [0.05, 0.1) is 23.3 Å². The number of nitrogen functional groups attached to an aromatic ring is 1. The van der Waals surface area contributed by atoms with Crippen LogP contribution in [0, 0.1) is 0 Å². The number of rotatable bonds is 3. The van der Waals surface area contributed by atoms with Crippen molar-refractivity contribution in [3.05, 3.63) is 27.8 Å². The number of anilines is 2. The number of hydrogen-bond donors (Lipinski definition) is 2. The molecule has 0 atom stereocenters. The fraction of sp³-hybridized carbons (Fsp3) is 0.125. The van der Waals surface area contributed by atoms with Gasteiger partial charge in [-0.2, -0.15) is 0 Å². The lowest BCUT2D eigenvalue weighted by Crippen LogP contribution is -2.02. The molecular weight excluding hydrogens is 278 g/mol. The zero-order valence-corrected chi connectivity index (χ0v) is 10.0. The van der Waals surface area contributed by atoms with E-state index in [0.29, 0.717) is 12.4 Å². The molecule has 5 nitrogen and oxygen atoms in total. The highest BCUT2D eigenvalue weighted by Crippen LogP contribution is 2.21. The van der Waals surface area contributed by atoms with Gasteiger partial charge in [0, 0.05) is 10.7 Å². The van der Waals surface area contributed by atoms with Crippen molar-refractivity contribution >= 4 is 39.0 Å². The number of nitrogens with one attached hydrogen (secondary N) is 1. The van der Waals surface area contributed by atoms with Crippen molar-refractivity contribution < 1.29 is 0 Å². The maximum Gasteiger partial charge on any atom is 0.146 e. The van der Waals surface area contributed by atoms with Crippen LogP contribution in [0.4, 0.5) is 11.5 Å². The first-order chi connectivity index (χ1) is 7.25. The number of hydrogen-bond acceptors (Lipinski definition) is 6. The highest BCUT2D eigenvalue weighted by molar-refractivity contribution is 9.10. The zero-order chi connectivity index (χ0) is 10.7. The molecule has 0 bridgehead atoms. The van der Waals surface area contributed by atoms with Crippen molar-refractivity contribution in [1.29, 1.82) is 0 Å². The second kappa shape index (κ2) is 4.54. The first-order valence-corrected chi connectivity index (χ1v) is 5.73. The highest BCUT2D eigenvalue weighted by Gasteiger charge is 2.02. The van der Waals surface area contributed by atoms with Crippen LogP contribution in [-0.2, 0) is 6.54 Å². The van der Waals surface area contributed by atoms with Gasteiger partial charge in [-0.3, -0.25) is 0 Å². The summed E-state index contributed by atoms with van der Waals surface area (Å²) in [5, 5.41) is 6.92. The molecule has 0 aliphatic rings. The van der Waals surface area contributed by atoms with Crippen LogP contribution < -0.4 is 11.1 Å². The fourth-order valence-corrected chi connectivity index (χ4v) is 1.80. The third-order valence-electron chi connectivity index (χ3n) is 1.75. The van der Waals surface area contributed by atoms with E-state index in [1.807, 2.05) is 6.07 Å². The molecule has 0 saturated heterocycles. The average Bonchev–Trinajstić information content (AvgIpc) is 2.72. The molecular formula is C8H8BrN5S. The molecule has 0 fully saturated rings. The summed E-state index contributed by atoms with van der Waals surface area (Å²) >= 11 is 4.69. The van der Waals surface area contributed by atoms with Crippen molar-refractivity contribution in [3.63, 3.8) is 0 Å². The van der Waals surface area contributed by atoms with Gasteiger partial charge in [-0.1, -0.05) is 4.49 Å². The topological polar surface area (TPSA) is 76.7 Å². The molecule has 15 heavy (non-hydrogen) atoms. The SMILES string of the molecule is Nc1ncc(Br)cc1NCc1cnns1. The van der Waals surface area contributed by atoms with Gasteiger partial charge in [0.1, 0.15) is 5.82 Å². The van der Waals surface area contributed by atoms with Gasteiger partial charge < -0.3 is 11.1 Å². The Labute approximate surface area is 99.0 Å². The van der Waals surface area contributed by atoms with E-state index >= 15 is 0 Å². The molecule has 0 aliphatic carbocycles. The number of nitrogens with two attached hydrogens (primary N) is 1. The van der Waals surface area contributed by atoms with E-state index in [4.69, 9.17) is 5.73 Å². The highest BCUT2D eigenvalue weighted by atomic mass is 79.9. The lowest BCUT2D eigenvalue weighted by atomic mass is 10.4. The van der Waals surface area contributed by atoms with Crippen LogP contribution in [0.5, 0.6) is 0 Å². The molecule has 0 amide bonds. The molecule has 3 N–H and O–H groups in total. The third-order valence-corrected chi connectivity index (χ3v) is 2.84. The number of nitrogens with zero attached hydrogens (tertiary/aromatic N) is 3. The monoisotopic (exact) mass is 285 g/mol. The molecule has 2 aromatic rings. The minimum Gasteiger partial charge on any atom is -0.382 e. The van der Waals surface area contributed by atoms with E-state index in [1.54, 1.807) is 12.4 Å². The standard InChI is InChI=1S/C8H8BrN5S/c9-5-1-7(8(10)12-2-5)11-3-6-4-13-14-15-6/h1-2,4,11H,3H2,(H2,10,12). The summed E-state index contributed by atoms with van der Waals surface area (Å²) < 4.78 is 4.66. The molecule has 2 rings (SSSR count). The van der Waals surface area contributed by atoms with E-state index in [1.165, 1.54) is 11.5 Å². The van der Waals surface area contributed by atoms with Crippen LogP contribution in [0.1, 0.15) is 4.88 Å². The Hall–Kier alpha value is -1.21. The van der Waals surface area contributed by atoms with E-state index in [0.717, 1.165) is 15.0 Å². The molecule has 0 saturated carbocycles. The van der Waals surface area contributed by atoms with Crippen LogP contribution in [0.25, 0.3) is 0 Å². The lowest BCUT2D eigenvalue weighted by molar-refractivity contribution is 1.12. The molecule has 78 valence electrons. The third kappa shape index (κ3) is 2.63. The van der Waals surface area contributed by atoms with Crippen molar-refractivity contribution in [2.45, 2.75) is 6.54 Å². The van der Waals surface area contributed by atoms with Crippen molar-refractivity contribution in [3.8, 4) is 0 Å². The lowest BCUT2D eigenvalue weighted by Gasteiger charge is -2.06. The van der Waals surface area contributed by atoms with E-state index in [9.17, 15) is 0 Å². The van der Waals surface area contributed by atoms with Gasteiger partial charge in [0.25, 0.3) is 0 Å². The Kier molecular flexibility index (Phi) is 3.12. The molecule has 0 radical (unpaired) electrons. The Morgan fingerprint density at radius 3 is 3.07 bits per heavy atom. The van der Waals surface area contributed by atoms with Gasteiger partial charge in [-0.05, 0) is 33.5 Å². The summed E-state index contributed by atoms with van der Waals surface area (Å²) in [6.07, 6.45) is 3.38. The summed E-state index contributed by atoms with van der Waals surface area (Å²) in [5.74, 6) is 0.482. The predicted octanol–water partition coefficient (Wildman–Crippen LogP) is 1.89. The molecule has 7 heteroatoms. The Balaban J connectivity index is 2.07. The maximum absolute atomic E-state index is 5.71. The summed E-state index contributed by atoms with van der Waals surface area (Å²) in [6, 6.07) is 1.89. The molecule has 0 aliphatic heterocycles. The van der Waals surface area contributed by atoms with Crippen LogP contribution in [0.2, 0.25) is 0 Å². The number of pyridine rings is 1. The zero-order valence-electron chi connectivity index (χ0n) is 7.64.